The minimum atomic E-state index is 0.456. The van der Waals surface area contributed by atoms with Crippen LogP contribution in [0.5, 0.6) is 0 Å². The van der Waals surface area contributed by atoms with Crippen LogP contribution in [0.4, 0.5) is 5.82 Å². The number of pyridine rings is 1. The van der Waals surface area contributed by atoms with Gasteiger partial charge in [-0.1, -0.05) is 42.8 Å². The first-order chi connectivity index (χ1) is 12.6. The Kier molecular flexibility index (Phi) is 6.31. The number of hydrogen-bond acceptors (Lipinski definition) is 3. The molecular formula is C23H33N3. The van der Waals surface area contributed by atoms with Crippen LogP contribution in [-0.2, 0) is 6.54 Å². The van der Waals surface area contributed by atoms with Gasteiger partial charge in [-0.2, -0.15) is 0 Å². The second-order valence-electron chi connectivity index (χ2n) is 8.01. The lowest BCUT2D eigenvalue weighted by molar-refractivity contribution is 0.140. The van der Waals surface area contributed by atoms with Crippen molar-refractivity contribution in [3.63, 3.8) is 0 Å². The number of aromatic nitrogens is 1. The summed E-state index contributed by atoms with van der Waals surface area (Å²) in [6.45, 7) is 11.1. The predicted molar refractivity (Wildman–Crippen MR) is 110 cm³/mol. The topological polar surface area (TPSA) is 19.4 Å². The van der Waals surface area contributed by atoms with E-state index in [1.54, 1.807) is 0 Å². The maximum absolute atomic E-state index is 4.84. The molecule has 1 aliphatic rings. The lowest BCUT2D eigenvalue weighted by Crippen LogP contribution is -2.37. The Morgan fingerprint density at radius 3 is 2.35 bits per heavy atom. The molecule has 1 saturated heterocycles. The third-order valence-electron chi connectivity index (χ3n) is 5.37. The van der Waals surface area contributed by atoms with Crippen LogP contribution >= 0.6 is 0 Å². The highest BCUT2D eigenvalue weighted by molar-refractivity contribution is 5.41. The van der Waals surface area contributed by atoms with Gasteiger partial charge in [0.2, 0.25) is 0 Å². The average Bonchev–Trinajstić information content (AvgIpc) is 2.63. The van der Waals surface area contributed by atoms with E-state index in [-0.39, 0.29) is 0 Å². The molecule has 0 amide bonds. The predicted octanol–water partition coefficient (Wildman–Crippen LogP) is 5.43. The van der Waals surface area contributed by atoms with Crippen LogP contribution in [0.3, 0.4) is 0 Å². The summed E-state index contributed by atoms with van der Waals surface area (Å²) >= 11 is 0. The van der Waals surface area contributed by atoms with Gasteiger partial charge in [0.05, 0.1) is 0 Å². The Bertz CT molecular complexity index is 656. The molecule has 3 nitrogen and oxygen atoms in total. The largest absolute Gasteiger partial charge is 0.352 e. The van der Waals surface area contributed by atoms with Crippen LogP contribution in [0.1, 0.15) is 64.1 Å². The molecule has 0 spiro atoms. The van der Waals surface area contributed by atoms with Gasteiger partial charge in [0.25, 0.3) is 0 Å². The zero-order valence-electron chi connectivity index (χ0n) is 16.7. The van der Waals surface area contributed by atoms with Crippen LogP contribution in [0.25, 0.3) is 0 Å². The van der Waals surface area contributed by atoms with Gasteiger partial charge in [-0.15, -0.1) is 0 Å². The summed E-state index contributed by atoms with van der Waals surface area (Å²) in [6.07, 6.45) is 5.94. The third-order valence-corrected chi connectivity index (χ3v) is 5.37. The Hall–Kier alpha value is -1.87. The van der Waals surface area contributed by atoms with Gasteiger partial charge in [-0.25, -0.2) is 4.98 Å². The summed E-state index contributed by atoms with van der Waals surface area (Å²) in [5.74, 6) is 1.09. The van der Waals surface area contributed by atoms with Crippen LogP contribution in [-0.4, -0.2) is 28.5 Å². The first-order valence-corrected chi connectivity index (χ1v) is 10.1. The van der Waals surface area contributed by atoms with Gasteiger partial charge in [0.1, 0.15) is 5.82 Å². The summed E-state index contributed by atoms with van der Waals surface area (Å²) in [4.78, 5) is 9.84. The van der Waals surface area contributed by atoms with E-state index in [0.717, 1.165) is 12.4 Å². The minimum absolute atomic E-state index is 0.456. The van der Waals surface area contributed by atoms with Crippen LogP contribution < -0.4 is 4.90 Å². The fourth-order valence-corrected chi connectivity index (χ4v) is 4.25. The summed E-state index contributed by atoms with van der Waals surface area (Å²) < 4.78 is 0. The second-order valence-corrected chi connectivity index (χ2v) is 8.01. The number of benzene rings is 1. The van der Waals surface area contributed by atoms with Crippen molar-refractivity contribution in [3.8, 4) is 0 Å². The molecule has 1 atom stereocenters. The average molecular weight is 352 g/mol. The first-order valence-electron chi connectivity index (χ1n) is 10.1. The molecule has 0 radical (unpaired) electrons. The lowest BCUT2D eigenvalue weighted by atomic mass is 9.95. The number of anilines is 1. The molecule has 1 fully saturated rings. The molecule has 1 aromatic heterocycles. The standard InChI is InChI=1S/C23H33N3/c1-18(2)26(19(3)4)23-14-13-21(16-24-23)22-12-8-9-15-25(22)17-20-10-6-5-7-11-20/h5-7,10-11,13-14,16,18-19,22H,8-9,12,15,17H2,1-4H3/t22-/m1/s1. The summed E-state index contributed by atoms with van der Waals surface area (Å²) in [7, 11) is 0. The van der Waals surface area contributed by atoms with Gasteiger partial charge < -0.3 is 4.90 Å². The van der Waals surface area contributed by atoms with Crippen molar-refractivity contribution < 1.29 is 0 Å². The number of rotatable bonds is 6. The molecule has 0 unspecified atom stereocenters. The maximum Gasteiger partial charge on any atom is 0.128 e. The molecule has 3 rings (SSSR count). The highest BCUT2D eigenvalue weighted by Crippen LogP contribution is 2.32. The third kappa shape index (κ3) is 4.45. The van der Waals surface area contributed by atoms with Crippen LogP contribution in [0, 0.1) is 0 Å². The van der Waals surface area contributed by atoms with E-state index in [9.17, 15) is 0 Å². The quantitative estimate of drug-likeness (QED) is 0.691. The number of likely N-dealkylation sites (tertiary alicyclic amines) is 1. The smallest absolute Gasteiger partial charge is 0.128 e. The van der Waals surface area contributed by atoms with E-state index in [0.29, 0.717) is 18.1 Å². The van der Waals surface area contributed by atoms with Gasteiger partial charge >= 0.3 is 0 Å². The van der Waals surface area contributed by atoms with Crippen molar-refractivity contribution in [1.29, 1.82) is 0 Å². The second kappa shape index (κ2) is 8.68. The molecule has 0 aliphatic carbocycles. The molecule has 1 aromatic carbocycles. The van der Waals surface area contributed by atoms with E-state index < -0.39 is 0 Å². The number of piperidine rings is 1. The monoisotopic (exact) mass is 351 g/mol. The molecule has 0 N–H and O–H groups in total. The fourth-order valence-electron chi connectivity index (χ4n) is 4.25. The van der Waals surface area contributed by atoms with Gasteiger partial charge in [0, 0.05) is 30.9 Å². The fraction of sp³-hybridized carbons (Fsp3) is 0.522. The summed E-state index contributed by atoms with van der Waals surface area (Å²) in [5.41, 5.74) is 2.76. The van der Waals surface area contributed by atoms with E-state index in [1.807, 2.05) is 0 Å². The van der Waals surface area contributed by atoms with E-state index in [4.69, 9.17) is 4.98 Å². The zero-order valence-corrected chi connectivity index (χ0v) is 16.7. The number of hydrogen-bond donors (Lipinski definition) is 0. The molecule has 0 saturated carbocycles. The first kappa shape index (κ1) is 18.9. The Labute approximate surface area is 159 Å². The minimum Gasteiger partial charge on any atom is -0.352 e. The highest BCUT2D eigenvalue weighted by atomic mass is 15.2. The van der Waals surface area contributed by atoms with Crippen molar-refractivity contribution in [2.45, 2.75) is 71.6 Å². The molecule has 2 heterocycles. The van der Waals surface area contributed by atoms with Crippen molar-refractivity contribution >= 4 is 5.82 Å². The Morgan fingerprint density at radius 1 is 1.00 bits per heavy atom. The molecule has 26 heavy (non-hydrogen) atoms. The van der Waals surface area contributed by atoms with Crippen LogP contribution in [0.15, 0.2) is 48.7 Å². The highest BCUT2D eigenvalue weighted by Gasteiger charge is 2.25. The lowest BCUT2D eigenvalue weighted by Gasteiger charge is -2.36. The van der Waals surface area contributed by atoms with Gasteiger partial charge in [0.15, 0.2) is 0 Å². The van der Waals surface area contributed by atoms with Crippen LogP contribution in [0.2, 0.25) is 0 Å². The summed E-state index contributed by atoms with van der Waals surface area (Å²) in [6, 6.07) is 16.7. The molecular weight excluding hydrogens is 318 g/mol. The Balaban J connectivity index is 1.77. The summed E-state index contributed by atoms with van der Waals surface area (Å²) in [5, 5.41) is 0. The van der Waals surface area contributed by atoms with E-state index in [2.05, 4.69) is 86.2 Å². The maximum atomic E-state index is 4.84. The van der Waals surface area contributed by atoms with Gasteiger partial charge in [-0.05, 0) is 64.3 Å². The Morgan fingerprint density at radius 2 is 1.73 bits per heavy atom. The van der Waals surface area contributed by atoms with Crippen molar-refractivity contribution in [2.75, 3.05) is 11.4 Å². The van der Waals surface area contributed by atoms with E-state index >= 15 is 0 Å². The molecule has 0 bridgehead atoms. The van der Waals surface area contributed by atoms with E-state index in [1.165, 1.54) is 36.9 Å². The van der Waals surface area contributed by atoms with Crippen molar-refractivity contribution in [2.24, 2.45) is 0 Å². The molecule has 140 valence electrons. The van der Waals surface area contributed by atoms with Gasteiger partial charge in [-0.3, -0.25) is 4.90 Å². The van der Waals surface area contributed by atoms with Crippen molar-refractivity contribution in [3.05, 3.63) is 59.8 Å². The zero-order chi connectivity index (χ0) is 18.5. The molecule has 2 aromatic rings. The molecule has 3 heteroatoms. The van der Waals surface area contributed by atoms with Crippen molar-refractivity contribution in [1.82, 2.24) is 9.88 Å². The number of nitrogens with zero attached hydrogens (tertiary/aromatic N) is 3. The normalized spacial score (nSPS) is 18.5. The molecule has 1 aliphatic heterocycles. The SMILES string of the molecule is CC(C)N(c1ccc([C@H]2CCCCN2Cc2ccccc2)cn1)C(C)C.